The molecule has 2 aromatic rings. The van der Waals surface area contributed by atoms with Crippen molar-refractivity contribution in [1.82, 2.24) is 25.5 Å². The summed E-state index contributed by atoms with van der Waals surface area (Å²) < 4.78 is 0. The molecule has 0 spiro atoms. The van der Waals surface area contributed by atoms with Crippen molar-refractivity contribution >= 4 is 11.9 Å². The van der Waals surface area contributed by atoms with Crippen molar-refractivity contribution in [2.24, 2.45) is 0 Å². The fourth-order valence-electron chi connectivity index (χ4n) is 2.14. The highest BCUT2D eigenvalue weighted by molar-refractivity contribution is 5.95. The Morgan fingerprint density at radius 2 is 2.14 bits per heavy atom. The molecule has 0 aliphatic heterocycles. The number of nitrogens with one attached hydrogen (secondary N) is 2. The van der Waals surface area contributed by atoms with Gasteiger partial charge in [0, 0.05) is 38.4 Å². The first kappa shape index (κ1) is 15.9. The molecule has 2 rings (SSSR count). The van der Waals surface area contributed by atoms with Crippen LogP contribution in [0.3, 0.4) is 0 Å². The molecule has 0 radical (unpaired) electrons. The van der Waals surface area contributed by atoms with E-state index >= 15 is 0 Å². The molecule has 1 amide bonds. The van der Waals surface area contributed by atoms with Crippen molar-refractivity contribution < 1.29 is 4.79 Å². The Hall–Kier alpha value is -2.44. The van der Waals surface area contributed by atoms with Gasteiger partial charge in [-0.25, -0.2) is 9.97 Å². The minimum absolute atomic E-state index is 0.0249. The summed E-state index contributed by atoms with van der Waals surface area (Å²) in [4.78, 5) is 22.6. The molecule has 7 heteroatoms. The summed E-state index contributed by atoms with van der Waals surface area (Å²) in [6.07, 6.45) is 2.24. The van der Waals surface area contributed by atoms with Gasteiger partial charge in [0.15, 0.2) is 0 Å². The van der Waals surface area contributed by atoms with E-state index in [2.05, 4.69) is 25.5 Å². The minimum Gasteiger partial charge on any atom is -0.349 e. The van der Waals surface area contributed by atoms with Crippen molar-refractivity contribution in [1.29, 1.82) is 0 Å². The first-order chi connectivity index (χ1) is 10.4. The predicted octanol–water partition coefficient (Wildman–Crippen LogP) is 1.24. The van der Waals surface area contributed by atoms with Crippen LogP contribution >= 0.6 is 0 Å². The number of nitrogens with zero attached hydrogens (tertiary/aromatic N) is 4. The van der Waals surface area contributed by atoms with Crippen molar-refractivity contribution in [3.05, 3.63) is 34.9 Å². The summed E-state index contributed by atoms with van der Waals surface area (Å²) in [6, 6.07) is 1.95. The van der Waals surface area contributed by atoms with Crippen LogP contribution in [0.25, 0.3) is 0 Å². The van der Waals surface area contributed by atoms with Gasteiger partial charge < -0.3 is 10.2 Å². The van der Waals surface area contributed by atoms with Crippen LogP contribution in [0, 0.1) is 13.8 Å². The Morgan fingerprint density at radius 3 is 2.68 bits per heavy atom. The highest BCUT2D eigenvalue weighted by atomic mass is 16.1. The van der Waals surface area contributed by atoms with E-state index < -0.39 is 0 Å². The van der Waals surface area contributed by atoms with E-state index in [1.807, 2.05) is 40.9 Å². The van der Waals surface area contributed by atoms with Gasteiger partial charge in [-0.1, -0.05) is 0 Å². The van der Waals surface area contributed by atoms with E-state index in [9.17, 15) is 4.79 Å². The normalized spacial score (nSPS) is 12.0. The van der Waals surface area contributed by atoms with Crippen LogP contribution in [-0.2, 0) is 6.42 Å². The van der Waals surface area contributed by atoms with Crippen LogP contribution in [0.1, 0.15) is 34.4 Å². The molecule has 0 fully saturated rings. The number of aryl methyl sites for hydroxylation is 2. The molecule has 1 atom stereocenters. The van der Waals surface area contributed by atoms with E-state index in [1.54, 1.807) is 11.1 Å². The summed E-state index contributed by atoms with van der Waals surface area (Å²) in [5.41, 5.74) is 3.10. The molecule has 0 aliphatic rings. The van der Waals surface area contributed by atoms with Crippen LogP contribution in [-0.4, -0.2) is 46.2 Å². The number of rotatable bonds is 5. The van der Waals surface area contributed by atoms with Crippen LogP contribution < -0.4 is 10.2 Å². The minimum atomic E-state index is -0.164. The van der Waals surface area contributed by atoms with Gasteiger partial charge >= 0.3 is 0 Å². The number of aromatic amines is 1. The zero-order valence-corrected chi connectivity index (χ0v) is 13.6. The van der Waals surface area contributed by atoms with Crippen molar-refractivity contribution in [3.8, 4) is 0 Å². The molecule has 0 saturated heterocycles. The second-order valence-electron chi connectivity index (χ2n) is 5.68. The molecule has 0 unspecified atom stereocenters. The Balaban J connectivity index is 2.02. The van der Waals surface area contributed by atoms with Crippen LogP contribution in [0.4, 0.5) is 5.95 Å². The van der Waals surface area contributed by atoms with E-state index in [4.69, 9.17) is 0 Å². The Labute approximate surface area is 130 Å². The van der Waals surface area contributed by atoms with Gasteiger partial charge in [0.1, 0.15) is 0 Å². The maximum atomic E-state index is 12.3. The number of anilines is 1. The summed E-state index contributed by atoms with van der Waals surface area (Å²) in [5.74, 6) is 0.427. The summed E-state index contributed by atoms with van der Waals surface area (Å²) in [6.45, 7) is 5.71. The van der Waals surface area contributed by atoms with E-state index in [0.717, 1.165) is 11.4 Å². The standard InChI is InChI=1S/C15H22N6O/c1-9(6-12-7-10(2)19-20-12)17-14(22)13-8-16-15(21(4)5)18-11(13)3/h7-9H,6H2,1-5H3,(H,17,22)(H,19,20)/t9-/m1/s1. The average molecular weight is 302 g/mol. The highest BCUT2D eigenvalue weighted by Crippen LogP contribution is 2.10. The Bertz CT molecular complexity index is 664. The smallest absolute Gasteiger partial charge is 0.254 e. The Morgan fingerprint density at radius 1 is 1.41 bits per heavy atom. The lowest BCUT2D eigenvalue weighted by Crippen LogP contribution is -2.35. The quantitative estimate of drug-likeness (QED) is 0.868. The second kappa shape index (κ2) is 6.55. The fraction of sp³-hybridized carbons (Fsp3) is 0.467. The van der Waals surface area contributed by atoms with Gasteiger partial charge in [-0.05, 0) is 26.8 Å². The molecule has 2 heterocycles. The second-order valence-corrected chi connectivity index (χ2v) is 5.68. The molecule has 0 bridgehead atoms. The van der Waals surface area contributed by atoms with Crippen molar-refractivity contribution in [2.45, 2.75) is 33.2 Å². The van der Waals surface area contributed by atoms with Gasteiger partial charge in [0.2, 0.25) is 5.95 Å². The number of hydrogen-bond acceptors (Lipinski definition) is 5. The third kappa shape index (κ3) is 3.81. The number of hydrogen-bond donors (Lipinski definition) is 2. The third-order valence-corrected chi connectivity index (χ3v) is 3.26. The number of aromatic nitrogens is 4. The molecular formula is C15H22N6O. The average Bonchev–Trinajstić information content (AvgIpc) is 2.83. The SMILES string of the molecule is Cc1cc(C[C@@H](C)NC(=O)c2cnc(N(C)C)nc2C)n[nH]1. The van der Waals surface area contributed by atoms with Gasteiger partial charge in [0.25, 0.3) is 5.91 Å². The molecule has 2 aromatic heterocycles. The lowest BCUT2D eigenvalue weighted by atomic mass is 10.1. The van der Waals surface area contributed by atoms with E-state index in [1.165, 1.54) is 0 Å². The molecule has 0 aliphatic carbocycles. The summed E-state index contributed by atoms with van der Waals surface area (Å²) in [5, 5.41) is 10.0. The van der Waals surface area contributed by atoms with Crippen molar-refractivity contribution in [3.63, 3.8) is 0 Å². The zero-order chi connectivity index (χ0) is 16.3. The van der Waals surface area contributed by atoms with Gasteiger partial charge in [-0.15, -0.1) is 0 Å². The van der Waals surface area contributed by atoms with E-state index in [0.29, 0.717) is 23.6 Å². The third-order valence-electron chi connectivity index (χ3n) is 3.26. The first-order valence-electron chi connectivity index (χ1n) is 7.19. The molecule has 2 N–H and O–H groups in total. The van der Waals surface area contributed by atoms with Crippen LogP contribution in [0.2, 0.25) is 0 Å². The summed E-state index contributed by atoms with van der Waals surface area (Å²) >= 11 is 0. The molecule has 7 nitrogen and oxygen atoms in total. The fourth-order valence-corrected chi connectivity index (χ4v) is 2.14. The van der Waals surface area contributed by atoms with Gasteiger partial charge in [-0.3, -0.25) is 9.89 Å². The van der Waals surface area contributed by atoms with E-state index in [-0.39, 0.29) is 11.9 Å². The van der Waals surface area contributed by atoms with Gasteiger partial charge in [-0.2, -0.15) is 5.10 Å². The Kier molecular flexibility index (Phi) is 4.75. The van der Waals surface area contributed by atoms with Gasteiger partial charge in [0.05, 0.1) is 17.0 Å². The molecule has 0 aromatic carbocycles. The van der Waals surface area contributed by atoms with Crippen molar-refractivity contribution in [2.75, 3.05) is 19.0 Å². The number of carbonyl (C=O) groups excluding carboxylic acids is 1. The lowest BCUT2D eigenvalue weighted by molar-refractivity contribution is 0.0938. The number of carbonyl (C=O) groups is 1. The van der Waals surface area contributed by atoms with Crippen LogP contribution in [0.15, 0.2) is 12.3 Å². The molecular weight excluding hydrogens is 280 g/mol. The molecule has 0 saturated carbocycles. The first-order valence-corrected chi connectivity index (χ1v) is 7.19. The maximum absolute atomic E-state index is 12.3. The highest BCUT2D eigenvalue weighted by Gasteiger charge is 2.15. The molecule has 118 valence electrons. The zero-order valence-electron chi connectivity index (χ0n) is 13.6. The lowest BCUT2D eigenvalue weighted by Gasteiger charge is -2.15. The molecule has 22 heavy (non-hydrogen) atoms. The monoisotopic (exact) mass is 302 g/mol. The van der Waals surface area contributed by atoms with Crippen LogP contribution in [0.5, 0.6) is 0 Å². The number of H-pyrrole nitrogens is 1. The maximum Gasteiger partial charge on any atom is 0.254 e. The predicted molar refractivity (Wildman–Crippen MR) is 85.1 cm³/mol. The number of amides is 1. The largest absolute Gasteiger partial charge is 0.349 e. The summed E-state index contributed by atoms with van der Waals surface area (Å²) in [7, 11) is 3.73. The topological polar surface area (TPSA) is 86.8 Å².